The first kappa shape index (κ1) is 31.3. The predicted octanol–water partition coefficient (Wildman–Crippen LogP) is 15.3. The Morgan fingerprint density at radius 3 is 1.29 bits per heavy atom. The van der Waals surface area contributed by atoms with Gasteiger partial charge in [0.25, 0.3) is 0 Å². The van der Waals surface area contributed by atoms with Crippen molar-refractivity contribution in [1.29, 1.82) is 0 Å². The Morgan fingerprint density at radius 2 is 0.655 bits per heavy atom. The van der Waals surface area contributed by atoms with Crippen molar-refractivity contribution in [3.05, 3.63) is 212 Å². The second kappa shape index (κ2) is 12.7. The fourth-order valence-electron chi connectivity index (χ4n) is 8.78. The van der Waals surface area contributed by atoms with Gasteiger partial charge in [-0.15, -0.1) is 0 Å². The highest BCUT2D eigenvalue weighted by molar-refractivity contribution is 6.25. The molecule has 0 radical (unpaired) electrons. The van der Waals surface area contributed by atoms with E-state index in [9.17, 15) is 0 Å². The molecular formula is C54H35N. The van der Waals surface area contributed by atoms with Gasteiger partial charge in [0.15, 0.2) is 0 Å². The molecule has 0 saturated heterocycles. The molecule has 1 heteroatoms. The lowest BCUT2D eigenvalue weighted by Crippen LogP contribution is -2.10. The van der Waals surface area contributed by atoms with E-state index in [1.54, 1.807) is 0 Å². The van der Waals surface area contributed by atoms with Gasteiger partial charge < -0.3 is 4.90 Å². The Hall–Kier alpha value is -7.22. The molecule has 0 atom stereocenters. The van der Waals surface area contributed by atoms with Gasteiger partial charge in [0.2, 0.25) is 0 Å². The van der Waals surface area contributed by atoms with Crippen LogP contribution < -0.4 is 4.90 Å². The Bertz CT molecular complexity index is 3050. The highest BCUT2D eigenvalue weighted by atomic mass is 15.1. The topological polar surface area (TPSA) is 3.24 Å². The number of benzene rings is 10. The summed E-state index contributed by atoms with van der Waals surface area (Å²) < 4.78 is 0. The number of hydrogen-bond donors (Lipinski definition) is 0. The van der Waals surface area contributed by atoms with Gasteiger partial charge in [-0.05, 0) is 119 Å². The van der Waals surface area contributed by atoms with Crippen LogP contribution in [0.1, 0.15) is 0 Å². The molecule has 1 aliphatic rings. The van der Waals surface area contributed by atoms with Crippen molar-refractivity contribution < 1.29 is 0 Å². The van der Waals surface area contributed by atoms with Gasteiger partial charge in [-0.1, -0.05) is 170 Å². The largest absolute Gasteiger partial charge is 0.309 e. The van der Waals surface area contributed by atoms with Crippen LogP contribution in [0.25, 0.3) is 88.0 Å². The van der Waals surface area contributed by atoms with Gasteiger partial charge >= 0.3 is 0 Å². The van der Waals surface area contributed by atoms with Gasteiger partial charge in [-0.2, -0.15) is 0 Å². The summed E-state index contributed by atoms with van der Waals surface area (Å²) in [6.45, 7) is 0. The van der Waals surface area contributed by atoms with Gasteiger partial charge in [0.1, 0.15) is 0 Å². The molecule has 10 aromatic carbocycles. The van der Waals surface area contributed by atoms with E-state index < -0.39 is 0 Å². The summed E-state index contributed by atoms with van der Waals surface area (Å²) >= 11 is 0. The van der Waals surface area contributed by atoms with Gasteiger partial charge in [-0.25, -0.2) is 0 Å². The molecule has 0 aromatic heterocycles. The maximum Gasteiger partial charge on any atom is 0.0540 e. The highest BCUT2D eigenvalue weighted by Crippen LogP contribution is 2.51. The fourth-order valence-corrected chi connectivity index (χ4v) is 8.78. The number of anilines is 3. The smallest absolute Gasteiger partial charge is 0.0540 e. The standard InChI is InChI=1S/C54H35N/c1-2-15-42(16-3-1)55-53-23-10-8-21-49(53)48-32-29-40(34-52(48)50-22-9-11-24-54(50)55)37-27-25-36(26-28-37)38-13-12-14-39(33-38)41-30-31-47-45-19-5-4-17-43(45)44-18-6-7-20-46(44)51(47)35-41/h1-35H. The fraction of sp³-hybridized carbons (Fsp3) is 0. The zero-order valence-electron chi connectivity index (χ0n) is 30.2. The SMILES string of the molecule is c1ccc(N2c3ccccc3-c3ccc(-c4ccc(-c5cccc(-c6ccc7c8ccccc8c8ccccc8c7c6)c5)cc4)cc3-c3ccccc32)cc1. The van der Waals surface area contributed by atoms with Crippen molar-refractivity contribution in [2.24, 2.45) is 0 Å². The van der Waals surface area contributed by atoms with Crippen LogP contribution in [0.4, 0.5) is 17.1 Å². The highest BCUT2D eigenvalue weighted by Gasteiger charge is 2.26. The molecule has 1 nitrogen and oxygen atoms in total. The van der Waals surface area contributed by atoms with E-state index in [0.29, 0.717) is 0 Å². The average Bonchev–Trinajstić information content (AvgIpc) is 3.39. The van der Waals surface area contributed by atoms with Crippen molar-refractivity contribution in [2.75, 3.05) is 4.90 Å². The van der Waals surface area contributed by atoms with Crippen LogP contribution in [0, 0.1) is 0 Å². The molecule has 1 heterocycles. The molecule has 0 saturated carbocycles. The molecule has 0 amide bonds. The van der Waals surface area contributed by atoms with Gasteiger partial charge in [0.05, 0.1) is 11.4 Å². The van der Waals surface area contributed by atoms with Crippen molar-refractivity contribution >= 4 is 49.4 Å². The second-order valence-corrected chi connectivity index (χ2v) is 14.5. The molecule has 0 spiro atoms. The van der Waals surface area contributed by atoms with Crippen molar-refractivity contribution in [3.8, 4) is 55.6 Å². The summed E-state index contributed by atoms with van der Waals surface area (Å²) in [6.07, 6.45) is 0. The molecule has 0 unspecified atom stereocenters. The number of fused-ring (bicyclic) bond motifs is 11. The lowest BCUT2D eigenvalue weighted by molar-refractivity contribution is 1.29. The van der Waals surface area contributed by atoms with E-state index in [-0.39, 0.29) is 0 Å². The summed E-state index contributed by atoms with van der Waals surface area (Å²) in [6, 6.07) is 77.8. The molecule has 256 valence electrons. The molecule has 10 aromatic rings. The first-order chi connectivity index (χ1) is 27.3. The summed E-state index contributed by atoms with van der Waals surface area (Å²) in [5, 5.41) is 7.79. The first-order valence-corrected chi connectivity index (χ1v) is 19.0. The van der Waals surface area contributed by atoms with E-state index >= 15 is 0 Å². The molecule has 1 aliphatic heterocycles. The van der Waals surface area contributed by atoms with E-state index in [2.05, 4.69) is 217 Å². The summed E-state index contributed by atoms with van der Waals surface area (Å²) in [4.78, 5) is 2.40. The monoisotopic (exact) mass is 697 g/mol. The van der Waals surface area contributed by atoms with E-state index in [1.807, 2.05) is 0 Å². The third kappa shape index (κ3) is 5.16. The van der Waals surface area contributed by atoms with Gasteiger partial charge in [-0.3, -0.25) is 0 Å². The van der Waals surface area contributed by atoms with Crippen molar-refractivity contribution in [2.45, 2.75) is 0 Å². The minimum Gasteiger partial charge on any atom is -0.309 e. The van der Waals surface area contributed by atoms with Gasteiger partial charge in [0, 0.05) is 16.8 Å². The van der Waals surface area contributed by atoms with E-state index in [1.165, 1.54) is 99.3 Å². The second-order valence-electron chi connectivity index (χ2n) is 14.5. The van der Waals surface area contributed by atoms with E-state index in [4.69, 9.17) is 0 Å². The molecule has 0 N–H and O–H groups in total. The zero-order chi connectivity index (χ0) is 36.3. The Morgan fingerprint density at radius 1 is 0.218 bits per heavy atom. The summed E-state index contributed by atoms with van der Waals surface area (Å²) in [7, 11) is 0. The third-order valence-electron chi connectivity index (χ3n) is 11.4. The van der Waals surface area contributed by atoms with Crippen LogP contribution in [-0.4, -0.2) is 0 Å². The quantitative estimate of drug-likeness (QED) is 0.166. The minimum atomic E-state index is 1.15. The lowest BCUT2D eigenvalue weighted by Gasteiger charge is -2.27. The van der Waals surface area contributed by atoms with Crippen LogP contribution in [0.2, 0.25) is 0 Å². The number of rotatable bonds is 4. The summed E-state index contributed by atoms with van der Waals surface area (Å²) in [5.41, 5.74) is 15.7. The molecule has 55 heavy (non-hydrogen) atoms. The average molecular weight is 698 g/mol. The Balaban J connectivity index is 0.965. The molecule has 11 rings (SSSR count). The first-order valence-electron chi connectivity index (χ1n) is 19.0. The maximum atomic E-state index is 2.40. The summed E-state index contributed by atoms with van der Waals surface area (Å²) in [5.74, 6) is 0. The lowest BCUT2D eigenvalue weighted by atomic mass is 9.90. The van der Waals surface area contributed by atoms with Crippen LogP contribution in [0.15, 0.2) is 212 Å². The number of para-hydroxylation sites is 3. The molecule has 0 fully saturated rings. The predicted molar refractivity (Wildman–Crippen MR) is 234 cm³/mol. The van der Waals surface area contributed by atoms with Crippen LogP contribution >= 0.6 is 0 Å². The molecule has 0 bridgehead atoms. The Kier molecular flexibility index (Phi) is 7.25. The van der Waals surface area contributed by atoms with Crippen LogP contribution in [-0.2, 0) is 0 Å². The number of hydrogen-bond acceptors (Lipinski definition) is 1. The number of nitrogens with zero attached hydrogens (tertiary/aromatic N) is 1. The van der Waals surface area contributed by atoms with Crippen molar-refractivity contribution in [1.82, 2.24) is 0 Å². The zero-order valence-corrected chi connectivity index (χ0v) is 30.2. The van der Waals surface area contributed by atoms with E-state index in [0.717, 1.165) is 5.69 Å². The van der Waals surface area contributed by atoms with Crippen molar-refractivity contribution in [3.63, 3.8) is 0 Å². The third-order valence-corrected chi connectivity index (χ3v) is 11.4. The molecule has 0 aliphatic carbocycles. The maximum absolute atomic E-state index is 2.40. The normalized spacial score (nSPS) is 12.0. The van der Waals surface area contributed by atoms with Crippen LogP contribution in [0.5, 0.6) is 0 Å². The Labute approximate surface area is 321 Å². The molecular weight excluding hydrogens is 663 g/mol. The van der Waals surface area contributed by atoms with Crippen LogP contribution in [0.3, 0.4) is 0 Å². The minimum absolute atomic E-state index is 1.15.